The molecule has 138 valence electrons. The standard InChI is InChI=1S/C16H21F3N4OS/c1-11(13-4-3-12(2)24-13)5-6-22-7-9-23(10-8-22)15-21-20-14(25-15)16(17,18)19/h3-4,11H,5-10H2,1-2H3. The molecule has 0 aliphatic carbocycles. The Labute approximate surface area is 148 Å². The minimum Gasteiger partial charge on any atom is -0.466 e. The average molecular weight is 374 g/mol. The number of rotatable bonds is 5. The van der Waals surface area contributed by atoms with Crippen LogP contribution in [0.4, 0.5) is 18.3 Å². The fraction of sp³-hybridized carbons (Fsp3) is 0.625. The van der Waals surface area contributed by atoms with Gasteiger partial charge in [0.25, 0.3) is 0 Å². The molecule has 1 unspecified atom stereocenters. The highest BCUT2D eigenvalue weighted by molar-refractivity contribution is 7.15. The lowest BCUT2D eigenvalue weighted by Crippen LogP contribution is -2.46. The second-order valence-corrected chi connectivity index (χ2v) is 7.31. The molecule has 3 rings (SSSR count). The average Bonchev–Trinajstić information content (AvgIpc) is 3.22. The zero-order valence-corrected chi connectivity index (χ0v) is 15.0. The first-order chi connectivity index (χ1) is 11.8. The van der Waals surface area contributed by atoms with Crippen LogP contribution in [-0.2, 0) is 6.18 Å². The van der Waals surface area contributed by atoms with Crippen molar-refractivity contribution in [1.82, 2.24) is 15.1 Å². The fourth-order valence-electron chi connectivity index (χ4n) is 2.86. The van der Waals surface area contributed by atoms with Crippen LogP contribution >= 0.6 is 11.3 Å². The number of hydrogen-bond acceptors (Lipinski definition) is 6. The topological polar surface area (TPSA) is 45.4 Å². The van der Waals surface area contributed by atoms with Crippen LogP contribution in [0.5, 0.6) is 0 Å². The van der Waals surface area contributed by atoms with E-state index in [1.807, 2.05) is 24.0 Å². The second-order valence-electron chi connectivity index (χ2n) is 6.35. The summed E-state index contributed by atoms with van der Waals surface area (Å²) >= 11 is 0.613. The lowest BCUT2D eigenvalue weighted by atomic mass is 10.0. The molecule has 1 fully saturated rings. The summed E-state index contributed by atoms with van der Waals surface area (Å²) in [7, 11) is 0. The first kappa shape index (κ1) is 18.2. The second kappa shape index (κ2) is 7.33. The van der Waals surface area contributed by atoms with Gasteiger partial charge in [0.2, 0.25) is 10.1 Å². The molecule has 0 spiro atoms. The van der Waals surface area contributed by atoms with Crippen LogP contribution in [-0.4, -0.2) is 47.8 Å². The van der Waals surface area contributed by atoms with E-state index in [0.717, 1.165) is 37.6 Å². The minimum atomic E-state index is -4.42. The van der Waals surface area contributed by atoms with E-state index in [4.69, 9.17) is 4.42 Å². The zero-order valence-electron chi connectivity index (χ0n) is 14.2. The number of hydrogen-bond donors (Lipinski definition) is 0. The van der Waals surface area contributed by atoms with Crippen molar-refractivity contribution in [2.45, 2.75) is 32.4 Å². The monoisotopic (exact) mass is 374 g/mol. The molecular formula is C16H21F3N4OS. The normalized spacial score (nSPS) is 17.9. The molecule has 9 heteroatoms. The summed E-state index contributed by atoms with van der Waals surface area (Å²) in [4.78, 5) is 4.21. The Morgan fingerprint density at radius 3 is 2.48 bits per heavy atom. The van der Waals surface area contributed by atoms with Crippen LogP contribution in [0.25, 0.3) is 0 Å². The minimum absolute atomic E-state index is 0.351. The number of halogens is 3. The van der Waals surface area contributed by atoms with Crippen molar-refractivity contribution in [1.29, 1.82) is 0 Å². The zero-order chi connectivity index (χ0) is 18.0. The van der Waals surface area contributed by atoms with Crippen LogP contribution in [0.1, 0.15) is 35.8 Å². The number of furan rings is 1. The van der Waals surface area contributed by atoms with Gasteiger partial charge in [-0.3, -0.25) is 4.90 Å². The van der Waals surface area contributed by atoms with Crippen molar-refractivity contribution in [3.63, 3.8) is 0 Å². The van der Waals surface area contributed by atoms with Crippen molar-refractivity contribution in [3.8, 4) is 0 Å². The number of anilines is 1. The van der Waals surface area contributed by atoms with E-state index in [1.54, 1.807) is 0 Å². The van der Waals surface area contributed by atoms with Crippen LogP contribution in [0, 0.1) is 6.92 Å². The maximum absolute atomic E-state index is 12.6. The van der Waals surface area contributed by atoms with Gasteiger partial charge in [-0.05, 0) is 32.0 Å². The number of aromatic nitrogens is 2. The molecular weight excluding hydrogens is 353 g/mol. The Morgan fingerprint density at radius 2 is 1.92 bits per heavy atom. The van der Waals surface area contributed by atoms with E-state index in [9.17, 15) is 13.2 Å². The third kappa shape index (κ3) is 4.52. The van der Waals surface area contributed by atoms with E-state index in [-0.39, 0.29) is 0 Å². The predicted molar refractivity (Wildman–Crippen MR) is 90.0 cm³/mol. The summed E-state index contributed by atoms with van der Waals surface area (Å²) in [5.41, 5.74) is 0. The molecule has 1 atom stereocenters. The Kier molecular flexibility index (Phi) is 5.33. The number of alkyl halides is 3. The highest BCUT2D eigenvalue weighted by Crippen LogP contribution is 2.34. The molecule has 25 heavy (non-hydrogen) atoms. The van der Waals surface area contributed by atoms with Gasteiger partial charge in [0, 0.05) is 32.1 Å². The van der Waals surface area contributed by atoms with Crippen LogP contribution in [0.2, 0.25) is 0 Å². The Balaban J connectivity index is 1.46. The van der Waals surface area contributed by atoms with E-state index in [1.165, 1.54) is 0 Å². The highest BCUT2D eigenvalue weighted by atomic mass is 32.1. The van der Waals surface area contributed by atoms with Crippen molar-refractivity contribution in [3.05, 3.63) is 28.7 Å². The fourth-order valence-corrected chi connectivity index (χ4v) is 3.62. The van der Waals surface area contributed by atoms with Gasteiger partial charge in [0.1, 0.15) is 11.5 Å². The highest BCUT2D eigenvalue weighted by Gasteiger charge is 2.36. The molecule has 1 aliphatic heterocycles. The molecule has 5 nitrogen and oxygen atoms in total. The number of piperazine rings is 1. The largest absolute Gasteiger partial charge is 0.466 e. The quantitative estimate of drug-likeness (QED) is 0.797. The van der Waals surface area contributed by atoms with Crippen molar-refractivity contribution >= 4 is 16.5 Å². The molecule has 0 radical (unpaired) electrons. The van der Waals surface area contributed by atoms with Gasteiger partial charge in [-0.15, -0.1) is 10.2 Å². The number of nitrogens with zero attached hydrogens (tertiary/aromatic N) is 4. The van der Waals surface area contributed by atoms with Gasteiger partial charge in [0.15, 0.2) is 0 Å². The smallest absolute Gasteiger partial charge is 0.445 e. The third-order valence-electron chi connectivity index (χ3n) is 4.42. The van der Waals surface area contributed by atoms with Crippen molar-refractivity contribution in [2.24, 2.45) is 0 Å². The molecule has 0 N–H and O–H groups in total. The number of aryl methyl sites for hydroxylation is 1. The Morgan fingerprint density at radius 1 is 1.20 bits per heavy atom. The van der Waals surface area contributed by atoms with Gasteiger partial charge in [-0.2, -0.15) is 13.2 Å². The molecule has 0 saturated carbocycles. The van der Waals surface area contributed by atoms with Crippen LogP contribution in [0.15, 0.2) is 16.5 Å². The Hall–Kier alpha value is -1.61. The Bertz CT molecular complexity index is 692. The summed E-state index contributed by atoms with van der Waals surface area (Å²) in [5.74, 6) is 2.28. The summed E-state index contributed by atoms with van der Waals surface area (Å²) in [6, 6.07) is 3.99. The SMILES string of the molecule is Cc1ccc(C(C)CCN2CCN(c3nnc(C(F)(F)F)s3)CC2)o1. The maximum Gasteiger partial charge on any atom is 0.445 e. The summed E-state index contributed by atoms with van der Waals surface area (Å²) in [5, 5.41) is 6.42. The van der Waals surface area contributed by atoms with Gasteiger partial charge in [-0.1, -0.05) is 18.3 Å². The van der Waals surface area contributed by atoms with E-state index in [0.29, 0.717) is 35.5 Å². The molecule has 0 amide bonds. The molecule has 1 saturated heterocycles. The van der Waals surface area contributed by atoms with E-state index >= 15 is 0 Å². The van der Waals surface area contributed by atoms with Gasteiger partial charge >= 0.3 is 6.18 Å². The van der Waals surface area contributed by atoms with E-state index in [2.05, 4.69) is 22.0 Å². The van der Waals surface area contributed by atoms with Crippen LogP contribution < -0.4 is 4.90 Å². The molecule has 0 bridgehead atoms. The summed E-state index contributed by atoms with van der Waals surface area (Å²) in [6.07, 6.45) is -3.43. The molecule has 0 aromatic carbocycles. The molecule has 2 aromatic heterocycles. The third-order valence-corrected chi connectivity index (χ3v) is 5.45. The van der Waals surface area contributed by atoms with Gasteiger partial charge in [0.05, 0.1) is 0 Å². The van der Waals surface area contributed by atoms with Crippen molar-refractivity contribution in [2.75, 3.05) is 37.6 Å². The summed E-state index contributed by atoms with van der Waals surface area (Å²) in [6.45, 7) is 7.98. The van der Waals surface area contributed by atoms with Crippen LogP contribution in [0.3, 0.4) is 0 Å². The first-order valence-electron chi connectivity index (χ1n) is 8.27. The predicted octanol–water partition coefficient (Wildman–Crippen LogP) is 3.77. The molecule has 3 heterocycles. The lowest BCUT2D eigenvalue weighted by Gasteiger charge is -2.34. The van der Waals surface area contributed by atoms with E-state index < -0.39 is 11.2 Å². The summed E-state index contributed by atoms with van der Waals surface area (Å²) < 4.78 is 43.5. The first-order valence-corrected chi connectivity index (χ1v) is 9.09. The lowest BCUT2D eigenvalue weighted by molar-refractivity contribution is -0.138. The van der Waals surface area contributed by atoms with Gasteiger partial charge in [-0.25, -0.2) is 0 Å². The molecule has 2 aromatic rings. The van der Waals surface area contributed by atoms with Gasteiger partial charge < -0.3 is 9.32 Å². The molecule has 1 aliphatic rings. The van der Waals surface area contributed by atoms with Crippen molar-refractivity contribution < 1.29 is 17.6 Å². The maximum atomic E-state index is 12.6.